The van der Waals surface area contributed by atoms with Crippen molar-refractivity contribution in [2.45, 2.75) is 48.6 Å². The van der Waals surface area contributed by atoms with E-state index in [1.165, 1.54) is 11.8 Å². The van der Waals surface area contributed by atoms with E-state index in [4.69, 9.17) is 0 Å². The molecule has 0 saturated carbocycles. The van der Waals surface area contributed by atoms with Gasteiger partial charge >= 0.3 is 59.1 Å². The first-order valence-electron chi connectivity index (χ1n) is 10.0. The van der Waals surface area contributed by atoms with Gasteiger partial charge in [-0.2, -0.15) is 0 Å². The molecule has 0 radical (unpaired) electrons. The van der Waals surface area contributed by atoms with E-state index in [0.29, 0.717) is 38.9 Å². The third-order valence-electron chi connectivity index (χ3n) is 5.65. The zero-order chi connectivity index (χ0) is 21.7. The van der Waals surface area contributed by atoms with E-state index < -0.39 is 22.1 Å². The maximum atomic E-state index is 13.0. The average molecular weight is 478 g/mol. The molecule has 1 unspecified atom stereocenters. The number of carboxylic acid groups (broad SMARTS) is 2. The maximum absolute atomic E-state index is 13.0. The Kier molecular flexibility index (Phi) is 12.3. The molecular formula is C21H24N2Na2O6S. The van der Waals surface area contributed by atoms with Crippen LogP contribution in [0.25, 0.3) is 0 Å². The topological polar surface area (TPSA) is 121 Å². The van der Waals surface area contributed by atoms with E-state index >= 15 is 0 Å². The molecule has 1 aromatic rings. The van der Waals surface area contributed by atoms with Crippen molar-refractivity contribution in [3.05, 3.63) is 35.9 Å². The van der Waals surface area contributed by atoms with Gasteiger partial charge in [-0.05, 0) is 31.2 Å². The number of rotatable bonds is 8. The summed E-state index contributed by atoms with van der Waals surface area (Å²) in [5, 5.41) is 21.0. The molecule has 1 spiro atoms. The fraction of sp³-hybridized carbons (Fsp3) is 0.524. The number of hydrogen-bond donors (Lipinski definition) is 0. The van der Waals surface area contributed by atoms with Crippen LogP contribution in [0.2, 0.25) is 0 Å². The third-order valence-corrected chi connectivity index (χ3v) is 7.37. The molecule has 1 aromatic carbocycles. The van der Waals surface area contributed by atoms with Gasteiger partial charge in [0.05, 0.1) is 10.1 Å². The zero-order valence-corrected chi connectivity index (χ0v) is 23.4. The number of nitrogens with zero attached hydrogens (tertiary/aromatic N) is 2. The second-order valence-electron chi connectivity index (χ2n) is 7.61. The number of hydrogen-bond acceptors (Lipinski definition) is 7. The zero-order valence-electron chi connectivity index (χ0n) is 18.6. The molecular weight excluding hydrogens is 454 g/mol. The molecule has 2 amide bonds. The first kappa shape index (κ1) is 29.5. The van der Waals surface area contributed by atoms with Crippen LogP contribution in [0.1, 0.15) is 37.7 Å². The number of carbonyl (C=O) groups is 4. The number of aliphatic carboxylic acids is 2. The van der Waals surface area contributed by atoms with Crippen molar-refractivity contribution >= 4 is 35.5 Å². The monoisotopic (exact) mass is 478 g/mol. The summed E-state index contributed by atoms with van der Waals surface area (Å²) in [7, 11) is 0. The average Bonchev–Trinajstić information content (AvgIpc) is 2.96. The molecule has 2 aliphatic rings. The molecule has 162 valence electrons. The molecule has 2 saturated heterocycles. The second-order valence-corrected chi connectivity index (χ2v) is 9.17. The number of carboxylic acids is 2. The minimum absolute atomic E-state index is 0. The molecule has 0 aromatic heterocycles. The smallest absolute Gasteiger partial charge is 0.550 e. The van der Waals surface area contributed by atoms with Gasteiger partial charge in [0.2, 0.25) is 11.8 Å². The van der Waals surface area contributed by atoms with Gasteiger partial charge in [0.25, 0.3) is 0 Å². The molecule has 2 heterocycles. The number of piperidine rings is 1. The first-order chi connectivity index (χ1) is 14.3. The summed E-state index contributed by atoms with van der Waals surface area (Å²) in [4.78, 5) is 49.8. The van der Waals surface area contributed by atoms with Crippen LogP contribution in [-0.2, 0) is 25.6 Å². The largest absolute Gasteiger partial charge is 1.00 e. The minimum Gasteiger partial charge on any atom is -0.550 e. The van der Waals surface area contributed by atoms with E-state index in [0.717, 1.165) is 5.56 Å². The third kappa shape index (κ3) is 7.48. The predicted octanol–water partition coefficient (Wildman–Crippen LogP) is -6.83. The van der Waals surface area contributed by atoms with Crippen molar-refractivity contribution in [3.8, 4) is 0 Å². The molecule has 0 aliphatic carbocycles. The van der Waals surface area contributed by atoms with Gasteiger partial charge in [-0.25, -0.2) is 0 Å². The Hall–Kier alpha value is -0.550. The van der Waals surface area contributed by atoms with Crippen molar-refractivity contribution in [1.29, 1.82) is 0 Å². The number of likely N-dealkylation sites (tertiary alicyclic amines) is 1. The summed E-state index contributed by atoms with van der Waals surface area (Å²) >= 11 is 1.36. The summed E-state index contributed by atoms with van der Waals surface area (Å²) in [6.07, 6.45) is 0.928. The Morgan fingerprint density at radius 2 is 1.62 bits per heavy atom. The second kappa shape index (κ2) is 13.4. The molecule has 0 N–H and O–H groups in total. The van der Waals surface area contributed by atoms with Crippen LogP contribution in [0.3, 0.4) is 0 Å². The first-order valence-corrected chi connectivity index (χ1v) is 10.9. The van der Waals surface area contributed by atoms with Crippen molar-refractivity contribution in [3.63, 3.8) is 0 Å². The molecule has 3 rings (SSSR count). The van der Waals surface area contributed by atoms with E-state index in [1.54, 1.807) is 9.80 Å². The van der Waals surface area contributed by atoms with Crippen molar-refractivity contribution in [2.24, 2.45) is 0 Å². The molecule has 2 fully saturated rings. The quantitative estimate of drug-likeness (QED) is 0.341. The van der Waals surface area contributed by atoms with Crippen LogP contribution >= 0.6 is 11.8 Å². The van der Waals surface area contributed by atoms with E-state index in [-0.39, 0.29) is 90.2 Å². The summed E-state index contributed by atoms with van der Waals surface area (Å²) in [5.74, 6) is -2.95. The Labute approximate surface area is 236 Å². The number of thioether (sulfide) groups is 1. The van der Waals surface area contributed by atoms with Crippen molar-refractivity contribution < 1.29 is 88.5 Å². The number of carbonyl (C=O) groups excluding carboxylic acids is 4. The Morgan fingerprint density at radius 3 is 2.19 bits per heavy atom. The molecule has 8 nitrogen and oxygen atoms in total. The molecule has 11 heteroatoms. The summed E-state index contributed by atoms with van der Waals surface area (Å²) in [6, 6.07) is 9.75. The summed E-state index contributed by atoms with van der Waals surface area (Å²) in [6.45, 7) is 1.26. The van der Waals surface area contributed by atoms with Crippen LogP contribution in [-0.4, -0.2) is 63.3 Å². The van der Waals surface area contributed by atoms with Crippen molar-refractivity contribution in [1.82, 2.24) is 9.80 Å². The fourth-order valence-electron chi connectivity index (χ4n) is 4.09. The van der Waals surface area contributed by atoms with Gasteiger partial charge in [-0.15, -0.1) is 11.8 Å². The molecule has 2 aliphatic heterocycles. The van der Waals surface area contributed by atoms with E-state index in [2.05, 4.69) is 0 Å². The van der Waals surface area contributed by atoms with Crippen LogP contribution in [0.5, 0.6) is 0 Å². The van der Waals surface area contributed by atoms with E-state index in [9.17, 15) is 29.4 Å². The molecule has 32 heavy (non-hydrogen) atoms. The van der Waals surface area contributed by atoms with Crippen LogP contribution in [0.15, 0.2) is 30.3 Å². The maximum Gasteiger partial charge on any atom is 1.00 e. The van der Waals surface area contributed by atoms with Gasteiger partial charge in [0, 0.05) is 44.4 Å². The SMILES string of the molecule is O=C([O-])CCC(=O)N1CCC2(CC1)SC(CC(=O)[O-])C(=O)N2CCc1ccccc1.[Na+].[Na+]. The van der Waals surface area contributed by atoms with Crippen LogP contribution in [0, 0.1) is 0 Å². The van der Waals surface area contributed by atoms with E-state index in [1.807, 2.05) is 30.3 Å². The van der Waals surface area contributed by atoms with Crippen molar-refractivity contribution in [2.75, 3.05) is 19.6 Å². The van der Waals surface area contributed by atoms with Gasteiger partial charge in [-0.1, -0.05) is 30.3 Å². The Bertz CT molecular complexity index is 818. The molecule has 0 bridgehead atoms. The van der Waals surface area contributed by atoms with Crippen LogP contribution in [0.4, 0.5) is 0 Å². The fourth-order valence-corrected chi connectivity index (χ4v) is 5.80. The Balaban J connectivity index is 0.00000256. The number of benzene rings is 1. The molecule has 1 atom stereocenters. The Morgan fingerprint density at radius 1 is 1.00 bits per heavy atom. The number of amides is 2. The standard InChI is InChI=1S/C21H26N2O6S.2Na/c24-17(6-7-18(25)26)22-12-9-21(10-13-22)23(11-8-15-4-2-1-3-5-15)20(29)16(30-21)14-19(27)28;;/h1-5,16H,6-14H2,(H,25,26)(H,27,28);;/q;2*+1/p-2. The van der Waals surface area contributed by atoms with Gasteiger partial charge < -0.3 is 29.6 Å². The normalized spacial score (nSPS) is 19.2. The summed E-state index contributed by atoms with van der Waals surface area (Å²) in [5.41, 5.74) is 1.09. The van der Waals surface area contributed by atoms with Gasteiger partial charge in [-0.3, -0.25) is 9.59 Å². The van der Waals surface area contributed by atoms with Crippen LogP contribution < -0.4 is 69.3 Å². The predicted molar refractivity (Wildman–Crippen MR) is 106 cm³/mol. The van der Waals surface area contributed by atoms with Gasteiger partial charge in [0.15, 0.2) is 0 Å². The minimum atomic E-state index is -1.26. The van der Waals surface area contributed by atoms with Gasteiger partial charge in [0.1, 0.15) is 0 Å². The summed E-state index contributed by atoms with van der Waals surface area (Å²) < 4.78 is 0.